The molecule has 20 heavy (non-hydrogen) atoms. The number of benzene rings is 2. The molecule has 2 heteroatoms. The summed E-state index contributed by atoms with van der Waals surface area (Å²) in [6.45, 7) is 7.03. The summed E-state index contributed by atoms with van der Waals surface area (Å²) in [6.07, 6.45) is 0.849. The van der Waals surface area contributed by atoms with Crippen LogP contribution in [0.2, 0.25) is 0 Å². The summed E-state index contributed by atoms with van der Waals surface area (Å²) in [6, 6.07) is 15.6. The van der Waals surface area contributed by atoms with E-state index in [0.717, 1.165) is 17.6 Å². The van der Waals surface area contributed by atoms with Gasteiger partial charge in [0, 0.05) is 5.56 Å². The van der Waals surface area contributed by atoms with Crippen molar-refractivity contribution in [2.75, 3.05) is 0 Å². The first-order chi connectivity index (χ1) is 9.49. The van der Waals surface area contributed by atoms with Crippen LogP contribution in [0.1, 0.15) is 42.3 Å². The zero-order valence-corrected chi connectivity index (χ0v) is 12.2. The molecule has 0 saturated carbocycles. The summed E-state index contributed by atoms with van der Waals surface area (Å²) >= 11 is 0. The van der Waals surface area contributed by atoms with Gasteiger partial charge < -0.3 is 4.74 Å². The fourth-order valence-electron chi connectivity index (χ4n) is 1.97. The van der Waals surface area contributed by atoms with E-state index < -0.39 is 0 Å². The second-order valence-corrected chi connectivity index (χ2v) is 5.93. The van der Waals surface area contributed by atoms with Crippen molar-refractivity contribution in [1.29, 1.82) is 0 Å². The van der Waals surface area contributed by atoms with E-state index in [1.54, 1.807) is 6.07 Å². The first-order valence-electron chi connectivity index (χ1n) is 6.76. The van der Waals surface area contributed by atoms with Gasteiger partial charge in [0.05, 0.1) is 0 Å². The Morgan fingerprint density at radius 1 is 1.05 bits per heavy atom. The zero-order chi connectivity index (χ0) is 14.6. The molecular weight excluding hydrogens is 248 g/mol. The minimum absolute atomic E-state index is 0.150. The van der Waals surface area contributed by atoms with Crippen LogP contribution in [0, 0.1) is 0 Å². The van der Waals surface area contributed by atoms with E-state index in [9.17, 15) is 4.79 Å². The van der Waals surface area contributed by atoms with E-state index in [1.165, 1.54) is 5.56 Å². The molecule has 0 aliphatic heterocycles. The Labute approximate surface area is 120 Å². The molecule has 0 saturated heterocycles. The Kier molecular flexibility index (Phi) is 4.23. The molecule has 0 amide bonds. The third-order valence-electron chi connectivity index (χ3n) is 3.21. The molecule has 0 N–H and O–H groups in total. The van der Waals surface area contributed by atoms with Crippen molar-refractivity contribution in [3.63, 3.8) is 0 Å². The highest BCUT2D eigenvalue weighted by Crippen LogP contribution is 2.24. The molecule has 0 aliphatic carbocycles. The zero-order valence-electron chi connectivity index (χ0n) is 12.2. The van der Waals surface area contributed by atoms with Gasteiger partial charge in [-0.15, -0.1) is 0 Å². The van der Waals surface area contributed by atoms with Gasteiger partial charge in [0.2, 0.25) is 0 Å². The summed E-state index contributed by atoms with van der Waals surface area (Å²) in [5.41, 5.74) is 3.10. The van der Waals surface area contributed by atoms with E-state index in [2.05, 4.69) is 32.9 Å². The minimum Gasteiger partial charge on any atom is -0.489 e. The normalized spacial score (nSPS) is 11.2. The predicted molar refractivity (Wildman–Crippen MR) is 81.3 cm³/mol. The first-order valence-corrected chi connectivity index (χ1v) is 6.76. The number of hydrogen-bond donors (Lipinski definition) is 0. The lowest BCUT2D eigenvalue weighted by Gasteiger charge is -2.19. The fraction of sp³-hybridized carbons (Fsp3) is 0.278. The van der Waals surface area contributed by atoms with Crippen LogP contribution in [0.5, 0.6) is 5.75 Å². The van der Waals surface area contributed by atoms with Crippen molar-refractivity contribution < 1.29 is 9.53 Å². The maximum Gasteiger partial charge on any atom is 0.150 e. The molecule has 0 atom stereocenters. The molecule has 104 valence electrons. The molecule has 2 nitrogen and oxygen atoms in total. The largest absolute Gasteiger partial charge is 0.489 e. The van der Waals surface area contributed by atoms with E-state index in [0.29, 0.717) is 12.2 Å². The van der Waals surface area contributed by atoms with Crippen molar-refractivity contribution in [2.24, 2.45) is 0 Å². The molecule has 2 rings (SSSR count). The van der Waals surface area contributed by atoms with Crippen LogP contribution in [0.3, 0.4) is 0 Å². The number of carbonyl (C=O) groups is 1. The SMILES string of the molecule is CC(C)(C)c1ccc(OCc2cccc(C=O)c2)cc1. The lowest BCUT2D eigenvalue weighted by atomic mass is 9.87. The second kappa shape index (κ2) is 5.91. The van der Waals surface area contributed by atoms with Crippen molar-refractivity contribution >= 4 is 6.29 Å². The highest BCUT2D eigenvalue weighted by Gasteiger charge is 2.12. The van der Waals surface area contributed by atoms with Gasteiger partial charge in [0.25, 0.3) is 0 Å². The molecule has 0 bridgehead atoms. The Hall–Kier alpha value is -2.09. The van der Waals surface area contributed by atoms with Crippen LogP contribution in [0.25, 0.3) is 0 Å². The molecule has 2 aromatic carbocycles. The van der Waals surface area contributed by atoms with Crippen molar-refractivity contribution in [3.05, 3.63) is 65.2 Å². The third-order valence-corrected chi connectivity index (χ3v) is 3.21. The summed E-state index contributed by atoms with van der Waals surface area (Å²) < 4.78 is 5.74. The fourth-order valence-corrected chi connectivity index (χ4v) is 1.97. The molecule has 0 unspecified atom stereocenters. The lowest BCUT2D eigenvalue weighted by molar-refractivity contribution is 0.112. The summed E-state index contributed by atoms with van der Waals surface area (Å²) in [4.78, 5) is 10.7. The van der Waals surface area contributed by atoms with E-state index in [1.807, 2.05) is 30.3 Å². The van der Waals surface area contributed by atoms with Gasteiger partial charge in [-0.25, -0.2) is 0 Å². The molecule has 0 fully saturated rings. The number of hydrogen-bond acceptors (Lipinski definition) is 2. The van der Waals surface area contributed by atoms with Crippen LogP contribution >= 0.6 is 0 Å². The standard InChI is InChI=1S/C18H20O2/c1-18(2,3)16-7-9-17(10-8-16)20-13-15-6-4-5-14(11-15)12-19/h4-12H,13H2,1-3H3. The van der Waals surface area contributed by atoms with E-state index in [-0.39, 0.29) is 5.41 Å². The summed E-state index contributed by atoms with van der Waals surface area (Å²) in [5.74, 6) is 0.842. The van der Waals surface area contributed by atoms with Gasteiger partial charge in [0.15, 0.2) is 0 Å². The Balaban J connectivity index is 2.02. The lowest BCUT2D eigenvalue weighted by Crippen LogP contribution is -2.10. The van der Waals surface area contributed by atoms with Gasteiger partial charge in [-0.2, -0.15) is 0 Å². The van der Waals surface area contributed by atoms with E-state index >= 15 is 0 Å². The third kappa shape index (κ3) is 3.70. The van der Waals surface area contributed by atoms with Crippen LogP contribution < -0.4 is 4.74 Å². The average molecular weight is 268 g/mol. The van der Waals surface area contributed by atoms with Gasteiger partial charge in [-0.05, 0) is 34.7 Å². The van der Waals surface area contributed by atoms with Crippen LogP contribution in [0.4, 0.5) is 0 Å². The highest BCUT2D eigenvalue weighted by molar-refractivity contribution is 5.74. The van der Waals surface area contributed by atoms with Gasteiger partial charge in [-0.3, -0.25) is 4.79 Å². The smallest absolute Gasteiger partial charge is 0.150 e. The molecule has 0 aromatic heterocycles. The van der Waals surface area contributed by atoms with Gasteiger partial charge in [-0.1, -0.05) is 51.1 Å². The highest BCUT2D eigenvalue weighted by atomic mass is 16.5. The molecular formula is C18H20O2. The second-order valence-electron chi connectivity index (χ2n) is 5.93. The number of ether oxygens (including phenoxy) is 1. The van der Waals surface area contributed by atoms with Crippen molar-refractivity contribution in [2.45, 2.75) is 32.8 Å². The van der Waals surface area contributed by atoms with E-state index in [4.69, 9.17) is 4.74 Å². The van der Waals surface area contributed by atoms with Crippen molar-refractivity contribution in [3.8, 4) is 5.75 Å². The molecule has 0 radical (unpaired) electrons. The van der Waals surface area contributed by atoms with Gasteiger partial charge >= 0.3 is 0 Å². The first kappa shape index (κ1) is 14.3. The average Bonchev–Trinajstić information content (AvgIpc) is 2.45. The number of carbonyl (C=O) groups excluding carboxylic acids is 1. The predicted octanol–water partition coefficient (Wildman–Crippen LogP) is 4.38. The molecule has 0 heterocycles. The Morgan fingerprint density at radius 2 is 1.75 bits per heavy atom. The van der Waals surface area contributed by atoms with Crippen LogP contribution in [-0.2, 0) is 12.0 Å². The topological polar surface area (TPSA) is 26.3 Å². The quantitative estimate of drug-likeness (QED) is 0.769. The number of aldehydes is 1. The summed E-state index contributed by atoms with van der Waals surface area (Å²) in [5, 5.41) is 0. The monoisotopic (exact) mass is 268 g/mol. The van der Waals surface area contributed by atoms with Crippen LogP contribution in [0.15, 0.2) is 48.5 Å². The van der Waals surface area contributed by atoms with Crippen LogP contribution in [-0.4, -0.2) is 6.29 Å². The summed E-state index contributed by atoms with van der Waals surface area (Å²) in [7, 11) is 0. The molecule has 2 aromatic rings. The number of rotatable bonds is 4. The Bertz CT molecular complexity index is 577. The maximum atomic E-state index is 10.7. The minimum atomic E-state index is 0.150. The van der Waals surface area contributed by atoms with Gasteiger partial charge in [0.1, 0.15) is 18.6 Å². The molecule has 0 spiro atoms. The maximum absolute atomic E-state index is 10.7. The Morgan fingerprint density at radius 3 is 2.35 bits per heavy atom. The van der Waals surface area contributed by atoms with Crippen molar-refractivity contribution in [1.82, 2.24) is 0 Å². The molecule has 0 aliphatic rings.